The maximum Gasteiger partial charge on any atom is 0.243 e. The van der Waals surface area contributed by atoms with Crippen LogP contribution in [0.15, 0.2) is 23.1 Å². The van der Waals surface area contributed by atoms with Crippen molar-refractivity contribution in [2.24, 2.45) is 0 Å². The number of sulfonamides is 1. The Labute approximate surface area is 127 Å². The lowest BCUT2D eigenvalue weighted by Gasteiger charge is -2.27. The number of likely N-dealkylation sites (N-methyl/N-ethyl adjacent to an activating group) is 1. The second kappa shape index (κ2) is 6.44. The minimum absolute atomic E-state index is 0.0643. The Hall–Kier alpha value is -0.950. The molecule has 5 nitrogen and oxygen atoms in total. The summed E-state index contributed by atoms with van der Waals surface area (Å²) in [5, 5.41) is 3.07. The van der Waals surface area contributed by atoms with Crippen LogP contribution in [0.3, 0.4) is 0 Å². The molecule has 2 unspecified atom stereocenters. The largest absolute Gasteiger partial charge is 0.377 e. The molecule has 2 rings (SSSR count). The smallest absolute Gasteiger partial charge is 0.243 e. The summed E-state index contributed by atoms with van der Waals surface area (Å²) < 4.78 is 32.7. The van der Waals surface area contributed by atoms with E-state index in [4.69, 9.17) is 4.74 Å². The lowest BCUT2D eigenvalue weighted by molar-refractivity contribution is 0.102. The summed E-state index contributed by atoms with van der Waals surface area (Å²) in [7, 11) is -0.00160. The Kier molecular flexibility index (Phi) is 5.03. The summed E-state index contributed by atoms with van der Waals surface area (Å²) in [5.41, 5.74) is 1.81. The lowest BCUT2D eigenvalue weighted by Crippen LogP contribution is -2.41. The van der Waals surface area contributed by atoms with E-state index in [0.29, 0.717) is 18.0 Å². The van der Waals surface area contributed by atoms with E-state index >= 15 is 0 Å². The third-order valence-electron chi connectivity index (χ3n) is 4.22. The fourth-order valence-electron chi connectivity index (χ4n) is 2.85. The molecule has 1 heterocycles. The highest BCUT2D eigenvalue weighted by molar-refractivity contribution is 7.89. The monoisotopic (exact) mass is 312 g/mol. The van der Waals surface area contributed by atoms with Crippen molar-refractivity contribution in [2.75, 3.05) is 20.7 Å². The summed E-state index contributed by atoms with van der Waals surface area (Å²) in [6.07, 6.45) is 0.678. The second-order valence-corrected chi connectivity index (χ2v) is 7.49. The molecule has 0 radical (unpaired) electrons. The number of hydrogen-bond acceptors (Lipinski definition) is 4. The number of nitrogens with zero attached hydrogens (tertiary/aromatic N) is 1. The molecule has 0 aromatic heterocycles. The third-order valence-corrected chi connectivity index (χ3v) is 6.25. The van der Waals surface area contributed by atoms with E-state index in [1.807, 2.05) is 27.0 Å². The van der Waals surface area contributed by atoms with Gasteiger partial charge in [-0.3, -0.25) is 0 Å². The van der Waals surface area contributed by atoms with Gasteiger partial charge in [0.1, 0.15) is 0 Å². The molecule has 21 heavy (non-hydrogen) atoms. The van der Waals surface area contributed by atoms with E-state index in [9.17, 15) is 8.42 Å². The zero-order chi connectivity index (χ0) is 15.6. The minimum atomic E-state index is -3.50. The van der Waals surface area contributed by atoms with Crippen molar-refractivity contribution in [1.82, 2.24) is 9.62 Å². The van der Waals surface area contributed by atoms with Crippen molar-refractivity contribution in [2.45, 2.75) is 43.9 Å². The lowest BCUT2D eigenvalue weighted by atomic mass is 10.1. The van der Waals surface area contributed by atoms with Gasteiger partial charge in [0.2, 0.25) is 10.0 Å². The molecule has 1 aromatic carbocycles. The van der Waals surface area contributed by atoms with Crippen LogP contribution < -0.4 is 5.32 Å². The zero-order valence-corrected chi connectivity index (χ0v) is 13.9. The first-order chi connectivity index (χ1) is 9.89. The van der Waals surface area contributed by atoms with Crippen LogP contribution >= 0.6 is 0 Å². The van der Waals surface area contributed by atoms with Crippen molar-refractivity contribution < 1.29 is 13.2 Å². The van der Waals surface area contributed by atoms with E-state index in [2.05, 4.69) is 5.32 Å². The molecule has 1 aliphatic rings. The number of benzene rings is 1. The molecule has 1 fully saturated rings. The Morgan fingerprint density at radius 2 is 2.14 bits per heavy atom. The molecule has 0 aliphatic carbocycles. The molecule has 0 spiro atoms. The van der Waals surface area contributed by atoms with E-state index in [1.165, 1.54) is 4.31 Å². The molecule has 0 amide bonds. The molecule has 0 bridgehead atoms. The predicted molar refractivity (Wildman–Crippen MR) is 82.7 cm³/mol. The molecule has 2 atom stereocenters. The maximum absolute atomic E-state index is 12.9. The van der Waals surface area contributed by atoms with Gasteiger partial charge in [-0.2, -0.15) is 4.31 Å². The van der Waals surface area contributed by atoms with Gasteiger partial charge in [0.15, 0.2) is 0 Å². The van der Waals surface area contributed by atoms with Crippen LogP contribution in [0.5, 0.6) is 0 Å². The van der Waals surface area contributed by atoms with Gasteiger partial charge in [-0.15, -0.1) is 0 Å². The SMILES string of the molecule is CNCc1cccc(S(=O)(=O)N(C)C2CCOC2C)c1C. The first-order valence-electron chi connectivity index (χ1n) is 7.22. The Morgan fingerprint density at radius 1 is 1.43 bits per heavy atom. The number of rotatable bonds is 5. The van der Waals surface area contributed by atoms with E-state index in [0.717, 1.165) is 17.5 Å². The van der Waals surface area contributed by atoms with Crippen LogP contribution in [0.25, 0.3) is 0 Å². The predicted octanol–water partition coefficient (Wildman–Crippen LogP) is 1.51. The van der Waals surface area contributed by atoms with Crippen molar-refractivity contribution in [3.63, 3.8) is 0 Å². The molecule has 1 aromatic rings. The number of nitrogens with one attached hydrogen (secondary N) is 1. The molecule has 1 aliphatic heterocycles. The first-order valence-corrected chi connectivity index (χ1v) is 8.66. The molecule has 0 saturated carbocycles. The van der Waals surface area contributed by atoms with Gasteiger partial charge < -0.3 is 10.1 Å². The minimum Gasteiger partial charge on any atom is -0.377 e. The summed E-state index contributed by atoms with van der Waals surface area (Å²) in [6, 6.07) is 5.34. The Morgan fingerprint density at radius 3 is 2.71 bits per heavy atom. The van der Waals surface area contributed by atoms with E-state index in [-0.39, 0.29) is 12.1 Å². The first kappa shape index (κ1) is 16.4. The topological polar surface area (TPSA) is 58.6 Å². The molecule has 1 N–H and O–H groups in total. The van der Waals surface area contributed by atoms with Gasteiger partial charge >= 0.3 is 0 Å². The standard InChI is InChI=1S/C15H24N2O3S/c1-11-13(10-16-3)6-5-7-15(11)21(18,19)17(4)14-8-9-20-12(14)2/h5-7,12,14,16H,8-10H2,1-4H3. The van der Waals surface area contributed by atoms with Crippen LogP contribution in [0, 0.1) is 6.92 Å². The van der Waals surface area contributed by atoms with Gasteiger partial charge in [0.25, 0.3) is 0 Å². The average molecular weight is 312 g/mol. The van der Waals surface area contributed by atoms with Crippen molar-refractivity contribution in [1.29, 1.82) is 0 Å². The van der Waals surface area contributed by atoms with Gasteiger partial charge in [0, 0.05) is 20.2 Å². The third kappa shape index (κ3) is 3.13. The zero-order valence-electron chi connectivity index (χ0n) is 13.1. The quantitative estimate of drug-likeness (QED) is 0.895. The van der Waals surface area contributed by atoms with Crippen molar-refractivity contribution in [3.05, 3.63) is 29.3 Å². The molecule has 118 valence electrons. The van der Waals surface area contributed by atoms with Crippen LogP contribution in [-0.2, 0) is 21.3 Å². The van der Waals surface area contributed by atoms with Crippen LogP contribution in [-0.4, -0.2) is 45.6 Å². The van der Waals surface area contributed by atoms with E-state index in [1.54, 1.807) is 19.2 Å². The average Bonchev–Trinajstić information content (AvgIpc) is 2.86. The molecule has 1 saturated heterocycles. The summed E-state index contributed by atoms with van der Waals surface area (Å²) >= 11 is 0. The number of hydrogen-bond donors (Lipinski definition) is 1. The Balaban J connectivity index is 2.37. The van der Waals surface area contributed by atoms with E-state index < -0.39 is 10.0 Å². The van der Waals surface area contributed by atoms with Gasteiger partial charge in [-0.05, 0) is 44.5 Å². The summed E-state index contributed by atoms with van der Waals surface area (Å²) in [4.78, 5) is 0.386. The Bertz CT molecular complexity index is 601. The highest BCUT2D eigenvalue weighted by Gasteiger charge is 2.35. The van der Waals surface area contributed by atoms with Crippen molar-refractivity contribution >= 4 is 10.0 Å². The van der Waals surface area contributed by atoms with Gasteiger partial charge in [0.05, 0.1) is 17.0 Å². The highest BCUT2D eigenvalue weighted by Crippen LogP contribution is 2.27. The summed E-state index contributed by atoms with van der Waals surface area (Å²) in [6.45, 7) is 5.06. The molecular weight excluding hydrogens is 288 g/mol. The van der Waals surface area contributed by atoms with Crippen LogP contribution in [0.2, 0.25) is 0 Å². The fourth-order valence-corrected chi connectivity index (χ4v) is 4.56. The molecular formula is C15H24N2O3S. The normalized spacial score (nSPS) is 22.9. The highest BCUT2D eigenvalue weighted by atomic mass is 32.2. The van der Waals surface area contributed by atoms with Gasteiger partial charge in [-0.25, -0.2) is 8.42 Å². The molecule has 6 heteroatoms. The number of ether oxygens (including phenoxy) is 1. The maximum atomic E-state index is 12.9. The van der Waals surface area contributed by atoms with Crippen LogP contribution in [0.4, 0.5) is 0 Å². The second-order valence-electron chi connectivity index (χ2n) is 5.52. The van der Waals surface area contributed by atoms with Crippen molar-refractivity contribution in [3.8, 4) is 0 Å². The van der Waals surface area contributed by atoms with Gasteiger partial charge in [-0.1, -0.05) is 12.1 Å². The fraction of sp³-hybridized carbons (Fsp3) is 0.600. The van der Waals surface area contributed by atoms with Crippen LogP contribution in [0.1, 0.15) is 24.5 Å². The summed E-state index contributed by atoms with van der Waals surface area (Å²) in [5.74, 6) is 0.